The van der Waals surface area contributed by atoms with Crippen LogP contribution < -0.4 is 21.3 Å². The monoisotopic (exact) mass is 1170 g/mol. The Morgan fingerprint density at radius 1 is 0.500 bits per heavy atom. The van der Waals surface area contributed by atoms with Crippen molar-refractivity contribution >= 4 is 59.1 Å². The van der Waals surface area contributed by atoms with Gasteiger partial charge in [-0.05, 0) is 74.8 Å². The first-order chi connectivity index (χ1) is 39.2. The van der Waals surface area contributed by atoms with Gasteiger partial charge in [0, 0.05) is 68.2 Å². The highest BCUT2D eigenvalue weighted by Crippen LogP contribution is 2.23. The van der Waals surface area contributed by atoms with Crippen LogP contribution >= 0.6 is 0 Å². The summed E-state index contributed by atoms with van der Waals surface area (Å²) < 4.78 is 0. The van der Waals surface area contributed by atoms with Crippen molar-refractivity contribution in [1.82, 2.24) is 50.7 Å². The van der Waals surface area contributed by atoms with Crippen LogP contribution in [0.25, 0.3) is 0 Å². The molecule has 0 unspecified atom stereocenters. The summed E-state index contributed by atoms with van der Waals surface area (Å²) in [6.45, 7) is 20.6. The van der Waals surface area contributed by atoms with E-state index in [2.05, 4.69) is 21.3 Å². The molecule has 84 heavy (non-hydrogen) atoms. The van der Waals surface area contributed by atoms with Crippen LogP contribution in [0.4, 0.5) is 0 Å². The first-order valence-corrected chi connectivity index (χ1v) is 29.8. The zero-order valence-corrected chi connectivity index (χ0v) is 53.3. The maximum atomic E-state index is 15.1. The normalized spacial score (nSPS) is 26.6. The number of rotatable bonds is 12. The number of amides is 10. The van der Waals surface area contributed by atoms with Gasteiger partial charge in [0.15, 0.2) is 0 Å². The number of carbonyl (C=O) groups is 10. The Kier molecular flexibility index (Phi) is 28.0. The second-order valence-electron chi connectivity index (χ2n) is 24.6. The van der Waals surface area contributed by atoms with Crippen molar-refractivity contribution in [1.29, 1.82) is 0 Å². The van der Waals surface area contributed by atoms with Crippen molar-refractivity contribution in [3.8, 4) is 0 Å². The Labute approximate surface area is 499 Å². The molecule has 1 saturated heterocycles. The lowest BCUT2D eigenvalue weighted by atomic mass is 9.93. The predicted octanol–water partition coefficient (Wildman–Crippen LogP) is 3.51. The van der Waals surface area contributed by atoms with Crippen LogP contribution in [0.2, 0.25) is 0 Å². The zero-order valence-electron chi connectivity index (χ0n) is 53.3. The molecule has 1 fully saturated rings. The summed E-state index contributed by atoms with van der Waals surface area (Å²) in [5.74, 6) is -8.56. The van der Waals surface area contributed by atoms with E-state index in [-0.39, 0.29) is 50.6 Å². The van der Waals surface area contributed by atoms with Crippen LogP contribution in [0.1, 0.15) is 120 Å². The van der Waals surface area contributed by atoms with Gasteiger partial charge in [0.1, 0.15) is 42.3 Å². The molecule has 0 bridgehead atoms. The van der Waals surface area contributed by atoms with E-state index in [0.29, 0.717) is 12.0 Å². The van der Waals surface area contributed by atoms with Gasteiger partial charge in [0.25, 0.3) is 0 Å². The Morgan fingerprint density at radius 3 is 1.45 bits per heavy atom. The number of aliphatic hydroxyl groups excluding tert-OH is 1. The number of carbonyl (C=O) groups excluding carboxylic acids is 10. The van der Waals surface area contributed by atoms with Gasteiger partial charge in [-0.3, -0.25) is 47.9 Å². The minimum Gasteiger partial charge on any atom is -0.391 e. The van der Waals surface area contributed by atoms with Crippen molar-refractivity contribution in [2.45, 2.75) is 176 Å². The fourth-order valence-electron chi connectivity index (χ4n) is 10.4. The molecule has 0 saturated carbocycles. The van der Waals surface area contributed by atoms with E-state index in [1.165, 1.54) is 92.5 Å². The Balaban J connectivity index is 2.23. The van der Waals surface area contributed by atoms with Gasteiger partial charge in [-0.2, -0.15) is 0 Å². The molecular formula is C63H100N10O11. The lowest BCUT2D eigenvalue weighted by Crippen LogP contribution is -2.60. The number of likely N-dealkylation sites (N-methyl/N-ethyl adjacent to an activating group) is 5. The van der Waals surface area contributed by atoms with Crippen LogP contribution in [0.15, 0.2) is 60.7 Å². The highest BCUT2D eigenvalue weighted by molar-refractivity contribution is 5.97. The molecule has 3 rings (SSSR count). The first kappa shape index (κ1) is 71.4. The Bertz CT molecular complexity index is 2550. The smallest absolute Gasteiger partial charge is 0.245 e. The molecule has 1 aliphatic rings. The molecular weight excluding hydrogens is 1070 g/mol. The van der Waals surface area contributed by atoms with E-state index in [1.54, 1.807) is 58.0 Å². The fourth-order valence-corrected chi connectivity index (χ4v) is 10.4. The SMILES string of the molecule is CC[C@H](C)[C@@H]1NC(=O)[C@H](CC(C)C)N(C)C(=O)[C@H](Cc2ccccc2)CN(C)C(=O)[C@@H](C(C)C)NC(=O)[C@H](C)NC(=O)[C@H](CC(C)C)N(C)C(=O)[C@H](C)CN(C)C(=O)C[C@H]([C@@H](C)O)NC(=O)[C@H](Cc2ccccc2)N(C)C(=O)[C@H](C)N(C)C1=O. The molecule has 5 N–H and O–H groups in total. The molecule has 2 aromatic carbocycles. The van der Waals surface area contributed by atoms with E-state index in [4.69, 9.17) is 0 Å². The van der Waals surface area contributed by atoms with Crippen LogP contribution in [-0.4, -0.2) is 203 Å². The van der Waals surface area contributed by atoms with Gasteiger partial charge in [0.05, 0.1) is 24.0 Å². The third kappa shape index (κ3) is 20.1. The zero-order chi connectivity index (χ0) is 63.6. The third-order valence-corrected chi connectivity index (χ3v) is 16.3. The lowest BCUT2D eigenvalue weighted by molar-refractivity contribution is -0.149. The second-order valence-corrected chi connectivity index (χ2v) is 24.6. The minimum atomic E-state index is -1.26. The predicted molar refractivity (Wildman–Crippen MR) is 323 cm³/mol. The largest absolute Gasteiger partial charge is 0.391 e. The molecule has 468 valence electrons. The average molecular weight is 1170 g/mol. The summed E-state index contributed by atoms with van der Waals surface area (Å²) in [6.07, 6.45) is -0.603. The highest BCUT2D eigenvalue weighted by atomic mass is 16.3. The van der Waals surface area contributed by atoms with E-state index in [1.807, 2.05) is 65.0 Å². The van der Waals surface area contributed by atoms with Crippen molar-refractivity contribution < 1.29 is 53.1 Å². The molecule has 0 aliphatic carbocycles. The molecule has 10 amide bonds. The summed E-state index contributed by atoms with van der Waals surface area (Å²) in [7, 11) is 8.92. The third-order valence-electron chi connectivity index (χ3n) is 16.3. The van der Waals surface area contributed by atoms with Gasteiger partial charge in [-0.25, -0.2) is 0 Å². The van der Waals surface area contributed by atoms with E-state index in [9.17, 15) is 48.3 Å². The van der Waals surface area contributed by atoms with Gasteiger partial charge >= 0.3 is 0 Å². The quantitative estimate of drug-likeness (QED) is 0.206. The van der Waals surface area contributed by atoms with Crippen molar-refractivity contribution in [2.24, 2.45) is 35.5 Å². The summed E-state index contributed by atoms with van der Waals surface area (Å²) in [5.41, 5.74) is 1.49. The van der Waals surface area contributed by atoms with Crippen LogP contribution in [0, 0.1) is 35.5 Å². The molecule has 0 aromatic heterocycles. The number of benzene rings is 2. The molecule has 0 spiro atoms. The fraction of sp³-hybridized carbons (Fsp3) is 0.651. The van der Waals surface area contributed by atoms with Crippen molar-refractivity contribution in [2.75, 3.05) is 55.4 Å². The maximum Gasteiger partial charge on any atom is 0.245 e. The number of nitrogens with zero attached hydrogens (tertiary/aromatic N) is 6. The lowest BCUT2D eigenvalue weighted by Gasteiger charge is -2.37. The molecule has 1 heterocycles. The maximum absolute atomic E-state index is 15.1. The van der Waals surface area contributed by atoms with E-state index in [0.717, 1.165) is 5.56 Å². The molecule has 0 radical (unpaired) electrons. The summed E-state index contributed by atoms with van der Waals surface area (Å²) in [6, 6.07) is 9.07. The van der Waals surface area contributed by atoms with Crippen LogP contribution in [0.5, 0.6) is 0 Å². The standard InChI is InChI=1S/C63H100N10O11/c1-19-40(8)54-63(84)70(15)43(11)60(81)72(17)51(33-46-28-24-21-25-29-46)57(78)65-48(44(12)74)34-52(75)68(13)35-41(9)59(80)71(16)49(30-37(2)3)56(77)64-42(10)55(76)66-53(39(6)7)62(83)69(14)36-47(32-45-26-22-20-23-27-45)61(82)73(18)50(31-38(4)5)58(79)67-54/h20-29,37-44,47-51,53-54,74H,19,30-36H2,1-18H3,(H,64,77)(H,65,78)(H,66,76)(H,67,79)/t40-,41+,42-,43-,44+,47+,48+,49-,50-,51-,53+,54-/m0/s1. The number of hydrogen-bond acceptors (Lipinski definition) is 11. The van der Waals surface area contributed by atoms with Crippen molar-refractivity contribution in [3.05, 3.63) is 71.8 Å². The molecule has 21 nitrogen and oxygen atoms in total. The minimum absolute atomic E-state index is 0.0149. The van der Waals surface area contributed by atoms with E-state index < -0.39 is 144 Å². The molecule has 21 heteroatoms. The first-order valence-electron chi connectivity index (χ1n) is 29.8. The number of aliphatic hydroxyl groups is 1. The number of nitrogens with one attached hydrogen (secondary N) is 4. The molecule has 1 aliphatic heterocycles. The summed E-state index contributed by atoms with van der Waals surface area (Å²) in [5, 5.41) is 22.4. The summed E-state index contributed by atoms with van der Waals surface area (Å²) >= 11 is 0. The van der Waals surface area contributed by atoms with Crippen LogP contribution in [0.3, 0.4) is 0 Å². The van der Waals surface area contributed by atoms with Crippen molar-refractivity contribution in [3.63, 3.8) is 0 Å². The van der Waals surface area contributed by atoms with Gasteiger partial charge in [0.2, 0.25) is 59.1 Å². The van der Waals surface area contributed by atoms with Gasteiger partial charge in [-0.15, -0.1) is 0 Å². The van der Waals surface area contributed by atoms with Crippen LogP contribution in [-0.2, 0) is 60.8 Å². The topological polar surface area (TPSA) is 258 Å². The van der Waals surface area contributed by atoms with Gasteiger partial charge < -0.3 is 55.8 Å². The van der Waals surface area contributed by atoms with Gasteiger partial charge in [-0.1, -0.05) is 129 Å². The second kappa shape index (κ2) is 33.0. The molecule has 12 atom stereocenters. The molecule has 2 aromatic rings. The van der Waals surface area contributed by atoms with E-state index >= 15 is 4.79 Å². The highest BCUT2D eigenvalue weighted by Gasteiger charge is 2.41. The summed E-state index contributed by atoms with van der Waals surface area (Å²) in [4.78, 5) is 153. The average Bonchev–Trinajstić information content (AvgIpc) is 3.40. The Morgan fingerprint density at radius 2 is 0.964 bits per heavy atom. The number of hydrogen-bond donors (Lipinski definition) is 5. The Hall–Kier alpha value is -6.90.